The second-order valence-electron chi connectivity index (χ2n) is 4.97. The molecule has 2 N–H and O–H groups in total. The lowest BCUT2D eigenvalue weighted by atomic mass is 10.1. The molecular formula is C14H18F3NO. The molecule has 2 atom stereocenters. The first-order valence-corrected chi connectivity index (χ1v) is 6.48. The van der Waals surface area contributed by atoms with E-state index in [4.69, 9.17) is 10.5 Å². The molecule has 0 amide bonds. The highest BCUT2D eigenvalue weighted by molar-refractivity contribution is 5.24. The molecule has 5 heteroatoms. The van der Waals surface area contributed by atoms with Gasteiger partial charge in [0.25, 0.3) is 0 Å². The van der Waals surface area contributed by atoms with Gasteiger partial charge in [-0.15, -0.1) is 0 Å². The SMILES string of the molecule is NCC1CCCC1OCc1ccc(C(F)(F)F)cc1. The van der Waals surface area contributed by atoms with Gasteiger partial charge in [0, 0.05) is 0 Å². The van der Waals surface area contributed by atoms with E-state index in [2.05, 4.69) is 0 Å². The number of hydrogen-bond acceptors (Lipinski definition) is 2. The summed E-state index contributed by atoms with van der Waals surface area (Å²) in [6, 6.07) is 5.12. The molecule has 19 heavy (non-hydrogen) atoms. The summed E-state index contributed by atoms with van der Waals surface area (Å²) >= 11 is 0. The predicted octanol–water partition coefficient (Wildman–Crippen LogP) is 3.35. The van der Waals surface area contributed by atoms with Crippen molar-refractivity contribution in [2.45, 2.75) is 38.1 Å². The summed E-state index contributed by atoms with van der Waals surface area (Å²) in [5, 5.41) is 0. The Kier molecular flexibility index (Phi) is 4.47. The second kappa shape index (κ2) is 5.92. The smallest absolute Gasteiger partial charge is 0.373 e. The molecule has 0 radical (unpaired) electrons. The van der Waals surface area contributed by atoms with Gasteiger partial charge in [-0.25, -0.2) is 0 Å². The summed E-state index contributed by atoms with van der Waals surface area (Å²) in [5.74, 6) is 0.384. The zero-order chi connectivity index (χ0) is 13.9. The largest absolute Gasteiger partial charge is 0.416 e. The topological polar surface area (TPSA) is 35.2 Å². The summed E-state index contributed by atoms with van der Waals surface area (Å²) in [6.45, 7) is 0.955. The minimum absolute atomic E-state index is 0.146. The third-order valence-corrected chi connectivity index (χ3v) is 3.64. The lowest BCUT2D eigenvalue weighted by molar-refractivity contribution is -0.137. The van der Waals surface area contributed by atoms with Crippen molar-refractivity contribution in [1.82, 2.24) is 0 Å². The van der Waals surface area contributed by atoms with Crippen molar-refractivity contribution in [2.75, 3.05) is 6.54 Å². The molecule has 1 aliphatic rings. The molecule has 2 nitrogen and oxygen atoms in total. The van der Waals surface area contributed by atoms with Crippen LogP contribution >= 0.6 is 0 Å². The summed E-state index contributed by atoms with van der Waals surface area (Å²) in [7, 11) is 0. The first-order valence-electron chi connectivity index (χ1n) is 6.48. The maximum absolute atomic E-state index is 12.4. The van der Waals surface area contributed by atoms with E-state index < -0.39 is 11.7 Å². The summed E-state index contributed by atoms with van der Waals surface area (Å²) < 4.78 is 43.0. The molecule has 0 saturated heterocycles. The fourth-order valence-electron chi connectivity index (χ4n) is 2.49. The first kappa shape index (κ1) is 14.3. The van der Waals surface area contributed by atoms with Crippen LogP contribution in [0, 0.1) is 5.92 Å². The van der Waals surface area contributed by atoms with Crippen molar-refractivity contribution in [2.24, 2.45) is 11.7 Å². The Balaban J connectivity index is 1.90. The lowest BCUT2D eigenvalue weighted by Gasteiger charge is -2.18. The van der Waals surface area contributed by atoms with Crippen LogP contribution in [0.1, 0.15) is 30.4 Å². The van der Waals surface area contributed by atoms with Crippen LogP contribution in [0.15, 0.2) is 24.3 Å². The number of ether oxygens (including phenoxy) is 1. The molecule has 1 fully saturated rings. The van der Waals surface area contributed by atoms with Gasteiger partial charge < -0.3 is 10.5 Å². The number of rotatable bonds is 4. The van der Waals surface area contributed by atoms with Crippen molar-refractivity contribution in [1.29, 1.82) is 0 Å². The van der Waals surface area contributed by atoms with E-state index in [0.717, 1.165) is 37.0 Å². The van der Waals surface area contributed by atoms with Crippen molar-refractivity contribution in [3.8, 4) is 0 Å². The van der Waals surface area contributed by atoms with E-state index in [9.17, 15) is 13.2 Å². The van der Waals surface area contributed by atoms with E-state index in [0.29, 0.717) is 19.1 Å². The Labute approximate surface area is 110 Å². The van der Waals surface area contributed by atoms with Crippen LogP contribution in [0.3, 0.4) is 0 Å². The van der Waals surface area contributed by atoms with Gasteiger partial charge >= 0.3 is 6.18 Å². The third kappa shape index (κ3) is 3.70. The van der Waals surface area contributed by atoms with Crippen LogP contribution in [0.2, 0.25) is 0 Å². The summed E-state index contributed by atoms with van der Waals surface area (Å²) in [4.78, 5) is 0. The van der Waals surface area contributed by atoms with Crippen LogP contribution in [-0.4, -0.2) is 12.6 Å². The first-order chi connectivity index (χ1) is 9.00. The highest BCUT2D eigenvalue weighted by Crippen LogP contribution is 2.30. The molecule has 2 rings (SSSR count). The Morgan fingerprint density at radius 3 is 2.42 bits per heavy atom. The zero-order valence-corrected chi connectivity index (χ0v) is 10.6. The minimum Gasteiger partial charge on any atom is -0.373 e. The van der Waals surface area contributed by atoms with Gasteiger partial charge in [0.15, 0.2) is 0 Å². The average molecular weight is 273 g/mol. The van der Waals surface area contributed by atoms with Crippen LogP contribution in [0.4, 0.5) is 13.2 Å². The molecule has 0 bridgehead atoms. The zero-order valence-electron chi connectivity index (χ0n) is 10.6. The van der Waals surface area contributed by atoms with Crippen LogP contribution in [-0.2, 0) is 17.5 Å². The number of hydrogen-bond donors (Lipinski definition) is 1. The van der Waals surface area contributed by atoms with Crippen LogP contribution < -0.4 is 5.73 Å². The van der Waals surface area contributed by atoms with E-state index in [1.54, 1.807) is 0 Å². The van der Waals surface area contributed by atoms with Crippen LogP contribution in [0.5, 0.6) is 0 Å². The molecule has 0 aliphatic heterocycles. The van der Waals surface area contributed by atoms with Crippen molar-refractivity contribution in [3.05, 3.63) is 35.4 Å². The molecule has 0 heterocycles. The van der Waals surface area contributed by atoms with E-state index in [1.807, 2.05) is 0 Å². The van der Waals surface area contributed by atoms with Gasteiger partial charge in [-0.3, -0.25) is 0 Å². The van der Waals surface area contributed by atoms with Gasteiger partial charge in [-0.05, 0) is 43.0 Å². The number of benzene rings is 1. The minimum atomic E-state index is -4.28. The predicted molar refractivity (Wildman–Crippen MR) is 66.4 cm³/mol. The van der Waals surface area contributed by atoms with Gasteiger partial charge in [0.05, 0.1) is 18.3 Å². The molecule has 1 saturated carbocycles. The molecule has 0 aromatic heterocycles. The van der Waals surface area contributed by atoms with Gasteiger partial charge in [-0.1, -0.05) is 18.6 Å². The van der Waals surface area contributed by atoms with Crippen molar-refractivity contribution in [3.63, 3.8) is 0 Å². The Morgan fingerprint density at radius 1 is 1.16 bits per heavy atom. The molecule has 1 aromatic rings. The molecule has 2 unspecified atom stereocenters. The van der Waals surface area contributed by atoms with Crippen molar-refractivity contribution < 1.29 is 17.9 Å². The fourth-order valence-corrected chi connectivity index (χ4v) is 2.49. The third-order valence-electron chi connectivity index (χ3n) is 3.64. The summed E-state index contributed by atoms with van der Waals surface area (Å²) in [6.07, 6.45) is -0.960. The van der Waals surface area contributed by atoms with Gasteiger partial charge in [0.2, 0.25) is 0 Å². The highest BCUT2D eigenvalue weighted by atomic mass is 19.4. The number of halogens is 3. The van der Waals surface area contributed by atoms with E-state index in [1.165, 1.54) is 12.1 Å². The Morgan fingerprint density at radius 2 is 1.84 bits per heavy atom. The Hall–Kier alpha value is -1.07. The van der Waals surface area contributed by atoms with E-state index >= 15 is 0 Å². The standard InChI is InChI=1S/C14H18F3NO/c15-14(16,17)12-6-4-10(5-7-12)9-19-13-3-1-2-11(13)8-18/h4-7,11,13H,1-3,8-9,18H2. The van der Waals surface area contributed by atoms with Crippen LogP contribution in [0.25, 0.3) is 0 Å². The van der Waals surface area contributed by atoms with Gasteiger partial charge in [-0.2, -0.15) is 13.2 Å². The maximum Gasteiger partial charge on any atom is 0.416 e. The second-order valence-corrected chi connectivity index (χ2v) is 4.97. The molecular weight excluding hydrogens is 255 g/mol. The van der Waals surface area contributed by atoms with E-state index in [-0.39, 0.29) is 6.10 Å². The molecule has 1 aromatic carbocycles. The quantitative estimate of drug-likeness (QED) is 0.913. The molecule has 0 spiro atoms. The maximum atomic E-state index is 12.4. The fraction of sp³-hybridized carbons (Fsp3) is 0.571. The van der Waals surface area contributed by atoms with Crippen molar-refractivity contribution >= 4 is 0 Å². The highest BCUT2D eigenvalue weighted by Gasteiger charge is 2.30. The summed E-state index contributed by atoms with van der Waals surface area (Å²) in [5.41, 5.74) is 5.79. The average Bonchev–Trinajstić information content (AvgIpc) is 2.83. The Bertz CT molecular complexity index is 402. The lowest BCUT2D eigenvalue weighted by Crippen LogP contribution is -2.25. The molecule has 106 valence electrons. The van der Waals surface area contributed by atoms with Gasteiger partial charge in [0.1, 0.15) is 0 Å². The number of alkyl halides is 3. The number of nitrogens with two attached hydrogens (primary N) is 1. The molecule has 1 aliphatic carbocycles. The monoisotopic (exact) mass is 273 g/mol. The normalized spacial score (nSPS) is 23.8.